The van der Waals surface area contributed by atoms with Gasteiger partial charge in [0.15, 0.2) is 0 Å². The Hall–Kier alpha value is -1.24. The van der Waals surface area contributed by atoms with Gasteiger partial charge < -0.3 is 19.7 Å². The first kappa shape index (κ1) is 16.1. The lowest BCUT2D eigenvalue weighted by molar-refractivity contribution is 0.159. The summed E-state index contributed by atoms with van der Waals surface area (Å²) in [5.74, 6) is 0. The highest BCUT2D eigenvalue weighted by molar-refractivity contribution is 6.65. The molecule has 5 heteroatoms. The number of fused-ring (bicyclic) bond motifs is 1. The summed E-state index contributed by atoms with van der Waals surface area (Å²) in [6.07, 6.45) is -0.320. The van der Waals surface area contributed by atoms with E-state index in [9.17, 15) is 5.11 Å². The lowest BCUT2D eigenvalue weighted by Crippen LogP contribution is -2.39. The van der Waals surface area contributed by atoms with Gasteiger partial charge in [-0.25, -0.2) is 0 Å². The molecular formula is C16H23NO3Si. The van der Waals surface area contributed by atoms with Crippen LogP contribution in [0.15, 0.2) is 42.5 Å². The van der Waals surface area contributed by atoms with Crippen LogP contribution in [0, 0.1) is 0 Å². The highest BCUT2D eigenvalue weighted by atomic mass is 28.4. The van der Waals surface area contributed by atoms with E-state index >= 15 is 0 Å². The molecule has 2 aromatic rings. The van der Waals surface area contributed by atoms with Gasteiger partial charge >= 0.3 is 8.56 Å². The molecule has 2 rings (SSSR count). The van der Waals surface area contributed by atoms with E-state index in [0.717, 1.165) is 5.56 Å². The standard InChI is InChI=1S/C16H23NO3Si/c1-19-21(2,11-10-16(17)18)20-12-14-8-5-7-13-6-3-4-9-15(13)14/h3-9,16,18H,10-12,17H2,1-2H3. The van der Waals surface area contributed by atoms with Crippen LogP contribution in [-0.2, 0) is 15.5 Å². The van der Waals surface area contributed by atoms with E-state index in [2.05, 4.69) is 24.3 Å². The fraction of sp³-hybridized carbons (Fsp3) is 0.375. The molecule has 0 saturated heterocycles. The molecule has 3 N–H and O–H groups in total. The summed E-state index contributed by atoms with van der Waals surface area (Å²) in [6, 6.07) is 15.1. The summed E-state index contributed by atoms with van der Waals surface area (Å²) in [5.41, 5.74) is 6.55. The zero-order chi connectivity index (χ0) is 15.3. The second kappa shape index (κ2) is 7.15. The minimum atomic E-state index is -2.30. The van der Waals surface area contributed by atoms with Crippen molar-refractivity contribution in [3.63, 3.8) is 0 Å². The van der Waals surface area contributed by atoms with Gasteiger partial charge in [-0.05, 0) is 35.3 Å². The highest BCUT2D eigenvalue weighted by Crippen LogP contribution is 2.22. The van der Waals surface area contributed by atoms with Crippen molar-refractivity contribution in [2.24, 2.45) is 5.73 Å². The van der Waals surface area contributed by atoms with Gasteiger partial charge in [0.25, 0.3) is 0 Å². The van der Waals surface area contributed by atoms with Crippen LogP contribution in [0.1, 0.15) is 12.0 Å². The number of aliphatic hydroxyl groups is 1. The molecule has 0 aromatic heterocycles. The molecule has 0 spiro atoms. The smallest absolute Gasteiger partial charge is 0.335 e. The van der Waals surface area contributed by atoms with Crippen molar-refractivity contribution in [1.29, 1.82) is 0 Å². The average Bonchev–Trinajstić information content (AvgIpc) is 2.51. The summed E-state index contributed by atoms with van der Waals surface area (Å²) in [6.45, 7) is 2.51. The maximum absolute atomic E-state index is 9.23. The Bertz CT molecular complexity index is 585. The number of nitrogens with two attached hydrogens (primary N) is 1. The molecule has 0 radical (unpaired) electrons. The first-order valence-electron chi connectivity index (χ1n) is 7.13. The summed E-state index contributed by atoms with van der Waals surface area (Å²) in [4.78, 5) is 0. The molecule has 0 aliphatic carbocycles. The van der Waals surface area contributed by atoms with Crippen molar-refractivity contribution >= 4 is 19.3 Å². The Morgan fingerprint density at radius 3 is 2.62 bits per heavy atom. The molecule has 2 atom stereocenters. The van der Waals surface area contributed by atoms with Crippen LogP contribution in [0.4, 0.5) is 0 Å². The lowest BCUT2D eigenvalue weighted by atomic mass is 10.1. The number of aliphatic hydroxyl groups excluding tert-OH is 1. The average molecular weight is 305 g/mol. The van der Waals surface area contributed by atoms with Gasteiger partial charge in [-0.2, -0.15) is 0 Å². The third kappa shape index (κ3) is 4.36. The van der Waals surface area contributed by atoms with Crippen molar-refractivity contribution in [2.45, 2.75) is 31.8 Å². The quantitative estimate of drug-likeness (QED) is 0.610. The summed E-state index contributed by atoms with van der Waals surface area (Å²) < 4.78 is 11.6. The Labute approximate surface area is 126 Å². The Morgan fingerprint density at radius 1 is 1.19 bits per heavy atom. The second-order valence-corrected chi connectivity index (χ2v) is 8.84. The minimum Gasteiger partial charge on any atom is -0.398 e. The van der Waals surface area contributed by atoms with Gasteiger partial charge in [-0.15, -0.1) is 0 Å². The van der Waals surface area contributed by atoms with E-state index in [-0.39, 0.29) is 0 Å². The molecular weight excluding hydrogens is 282 g/mol. The SMILES string of the molecule is CO[Si](C)(CCC(N)O)OCc1cccc2ccccc12. The van der Waals surface area contributed by atoms with E-state index < -0.39 is 14.8 Å². The van der Waals surface area contributed by atoms with Crippen molar-refractivity contribution in [3.05, 3.63) is 48.0 Å². The van der Waals surface area contributed by atoms with E-state index in [0.29, 0.717) is 19.1 Å². The monoisotopic (exact) mass is 305 g/mol. The van der Waals surface area contributed by atoms with Crippen LogP contribution in [0.3, 0.4) is 0 Å². The van der Waals surface area contributed by atoms with E-state index in [1.165, 1.54) is 10.8 Å². The summed E-state index contributed by atoms with van der Waals surface area (Å²) in [7, 11) is -0.631. The van der Waals surface area contributed by atoms with Crippen LogP contribution in [0.5, 0.6) is 0 Å². The van der Waals surface area contributed by atoms with Crippen LogP contribution < -0.4 is 5.73 Å². The largest absolute Gasteiger partial charge is 0.398 e. The number of hydrogen-bond donors (Lipinski definition) is 2. The Kier molecular flexibility index (Phi) is 5.49. The Balaban J connectivity index is 2.09. The van der Waals surface area contributed by atoms with Crippen LogP contribution in [0.25, 0.3) is 10.8 Å². The summed E-state index contributed by atoms with van der Waals surface area (Å²) >= 11 is 0. The predicted molar refractivity (Wildman–Crippen MR) is 87.0 cm³/mol. The van der Waals surface area contributed by atoms with Crippen LogP contribution >= 0.6 is 0 Å². The topological polar surface area (TPSA) is 64.7 Å². The van der Waals surface area contributed by atoms with Gasteiger partial charge in [0.2, 0.25) is 0 Å². The van der Waals surface area contributed by atoms with Gasteiger partial charge in [-0.3, -0.25) is 0 Å². The van der Waals surface area contributed by atoms with Crippen molar-refractivity contribution in [2.75, 3.05) is 7.11 Å². The third-order valence-electron chi connectivity index (χ3n) is 3.74. The van der Waals surface area contributed by atoms with Crippen LogP contribution in [0.2, 0.25) is 12.6 Å². The number of hydrogen-bond acceptors (Lipinski definition) is 4. The van der Waals surface area contributed by atoms with Gasteiger partial charge in [-0.1, -0.05) is 42.5 Å². The fourth-order valence-corrected chi connectivity index (χ4v) is 4.04. The van der Waals surface area contributed by atoms with E-state index in [4.69, 9.17) is 14.6 Å². The molecule has 0 heterocycles. The predicted octanol–water partition coefficient (Wildman–Crippen LogP) is 2.74. The lowest BCUT2D eigenvalue weighted by Gasteiger charge is -2.26. The van der Waals surface area contributed by atoms with Crippen molar-refractivity contribution in [1.82, 2.24) is 0 Å². The molecule has 21 heavy (non-hydrogen) atoms. The molecule has 4 nitrogen and oxygen atoms in total. The molecule has 0 bridgehead atoms. The van der Waals surface area contributed by atoms with Gasteiger partial charge in [0.05, 0.1) is 6.61 Å². The number of benzene rings is 2. The van der Waals surface area contributed by atoms with E-state index in [1.54, 1.807) is 7.11 Å². The second-order valence-electron chi connectivity index (χ2n) is 5.37. The fourth-order valence-electron chi connectivity index (χ4n) is 2.29. The maximum atomic E-state index is 9.23. The first-order chi connectivity index (χ1) is 10.0. The highest BCUT2D eigenvalue weighted by Gasteiger charge is 2.30. The van der Waals surface area contributed by atoms with Crippen molar-refractivity contribution < 1.29 is 14.0 Å². The molecule has 0 aliphatic rings. The molecule has 2 aromatic carbocycles. The molecule has 0 fully saturated rings. The number of rotatable bonds is 7. The zero-order valence-electron chi connectivity index (χ0n) is 12.6. The van der Waals surface area contributed by atoms with Crippen LogP contribution in [-0.4, -0.2) is 27.0 Å². The normalized spacial score (nSPS) is 15.8. The van der Waals surface area contributed by atoms with Crippen molar-refractivity contribution in [3.8, 4) is 0 Å². The molecule has 2 unspecified atom stereocenters. The molecule has 0 saturated carbocycles. The summed E-state index contributed by atoms with van der Waals surface area (Å²) in [5, 5.41) is 11.6. The van der Waals surface area contributed by atoms with Gasteiger partial charge in [0, 0.05) is 7.11 Å². The Morgan fingerprint density at radius 2 is 1.90 bits per heavy atom. The molecule has 0 aliphatic heterocycles. The first-order valence-corrected chi connectivity index (χ1v) is 9.66. The maximum Gasteiger partial charge on any atom is 0.335 e. The molecule has 0 amide bonds. The van der Waals surface area contributed by atoms with E-state index in [1.807, 2.05) is 24.7 Å². The third-order valence-corrected chi connectivity index (χ3v) is 6.55. The van der Waals surface area contributed by atoms with Gasteiger partial charge in [0.1, 0.15) is 6.23 Å². The molecule has 114 valence electrons. The minimum absolute atomic E-state index is 0.492. The zero-order valence-corrected chi connectivity index (χ0v) is 13.6.